The van der Waals surface area contributed by atoms with Gasteiger partial charge in [0.25, 0.3) is 0 Å². The monoisotopic (exact) mass is 290 g/mol. The molecule has 0 atom stereocenters. The molecule has 3 N–H and O–H groups in total. The molecule has 3 nitrogen and oxygen atoms in total. The van der Waals surface area contributed by atoms with Crippen LogP contribution in [-0.4, -0.2) is 5.84 Å². The third-order valence-corrected chi connectivity index (χ3v) is 3.29. The fourth-order valence-electron chi connectivity index (χ4n) is 2.03. The number of nitrogens with one attached hydrogen (secondary N) is 1. The molecule has 0 heterocycles. The Labute approximate surface area is 121 Å². The molecule has 2 rings (SSSR count). The Balaban J connectivity index is 2.48. The lowest BCUT2D eigenvalue weighted by molar-refractivity contribution is 0.404. The van der Waals surface area contributed by atoms with Gasteiger partial charge in [0.15, 0.2) is 17.4 Å². The highest BCUT2D eigenvalue weighted by atomic mass is 19.1. The molecule has 0 aliphatic heterocycles. The van der Waals surface area contributed by atoms with E-state index in [1.165, 1.54) is 0 Å². The van der Waals surface area contributed by atoms with Crippen LogP contribution in [0.2, 0.25) is 0 Å². The molecule has 0 spiro atoms. The third kappa shape index (κ3) is 3.02. The molecule has 0 aliphatic rings. The minimum Gasteiger partial charge on any atom is -0.451 e. The second kappa shape index (κ2) is 5.52. The van der Waals surface area contributed by atoms with Crippen molar-refractivity contribution in [1.29, 1.82) is 5.41 Å². The molecule has 0 bridgehead atoms. The van der Waals surface area contributed by atoms with Gasteiger partial charge in [-0.15, -0.1) is 0 Å². The average Bonchev–Trinajstić information content (AvgIpc) is 2.38. The van der Waals surface area contributed by atoms with E-state index in [4.69, 9.17) is 15.9 Å². The number of hydrogen-bond acceptors (Lipinski definition) is 2. The SMILES string of the molecule is Cc1cc(C)c(C)c(Oc2c(F)cc(C(=N)N)cc2F)c1. The second-order valence-electron chi connectivity index (χ2n) is 4.99. The zero-order valence-electron chi connectivity index (χ0n) is 12.1. The van der Waals surface area contributed by atoms with E-state index in [1.54, 1.807) is 6.07 Å². The number of halogens is 2. The number of aryl methyl sites for hydroxylation is 2. The van der Waals surface area contributed by atoms with Crippen LogP contribution in [0, 0.1) is 37.8 Å². The first-order valence-corrected chi connectivity index (χ1v) is 6.38. The maximum absolute atomic E-state index is 14.0. The first-order valence-electron chi connectivity index (χ1n) is 6.38. The molecule has 0 amide bonds. The Morgan fingerprint density at radius 3 is 2.14 bits per heavy atom. The summed E-state index contributed by atoms with van der Waals surface area (Å²) < 4.78 is 33.4. The third-order valence-electron chi connectivity index (χ3n) is 3.29. The lowest BCUT2D eigenvalue weighted by Gasteiger charge is -2.14. The number of hydrogen-bond donors (Lipinski definition) is 2. The molecule has 5 heteroatoms. The quantitative estimate of drug-likeness (QED) is 0.664. The molecular weight excluding hydrogens is 274 g/mol. The Morgan fingerprint density at radius 1 is 1.05 bits per heavy atom. The molecule has 0 saturated carbocycles. The van der Waals surface area contributed by atoms with E-state index in [-0.39, 0.29) is 5.56 Å². The minimum absolute atomic E-state index is 0.0190. The number of benzene rings is 2. The number of rotatable bonds is 3. The fourth-order valence-corrected chi connectivity index (χ4v) is 2.03. The van der Waals surface area contributed by atoms with E-state index in [2.05, 4.69) is 0 Å². The standard InChI is InChI=1S/C16H16F2N2O/c1-8-4-9(2)10(3)14(5-8)21-15-12(17)6-11(16(19)20)7-13(15)18/h4-7H,1-3H3,(H3,19,20). The summed E-state index contributed by atoms with van der Waals surface area (Å²) >= 11 is 0. The van der Waals surface area contributed by atoms with Crippen LogP contribution in [-0.2, 0) is 0 Å². The molecule has 0 aliphatic carbocycles. The summed E-state index contributed by atoms with van der Waals surface area (Å²) in [6.07, 6.45) is 0. The highest BCUT2D eigenvalue weighted by Gasteiger charge is 2.16. The maximum atomic E-state index is 14.0. The highest BCUT2D eigenvalue weighted by molar-refractivity contribution is 5.95. The Bertz CT molecular complexity index is 703. The van der Waals surface area contributed by atoms with Crippen LogP contribution in [0.25, 0.3) is 0 Å². The summed E-state index contributed by atoms with van der Waals surface area (Å²) in [6.45, 7) is 5.61. The van der Waals surface area contributed by atoms with Crippen molar-refractivity contribution < 1.29 is 13.5 Å². The lowest BCUT2D eigenvalue weighted by atomic mass is 10.1. The average molecular weight is 290 g/mol. The van der Waals surface area contributed by atoms with Crippen molar-refractivity contribution in [2.75, 3.05) is 0 Å². The van der Waals surface area contributed by atoms with Gasteiger partial charge in [0.1, 0.15) is 11.6 Å². The molecule has 0 radical (unpaired) electrons. The maximum Gasteiger partial charge on any atom is 0.198 e. The Kier molecular flexibility index (Phi) is 3.93. The molecule has 0 fully saturated rings. The van der Waals surface area contributed by atoms with Gasteiger partial charge in [0, 0.05) is 5.56 Å². The fraction of sp³-hybridized carbons (Fsp3) is 0.188. The van der Waals surface area contributed by atoms with Crippen molar-refractivity contribution in [2.45, 2.75) is 20.8 Å². The topological polar surface area (TPSA) is 59.1 Å². The van der Waals surface area contributed by atoms with Gasteiger partial charge in [0.05, 0.1) is 0 Å². The normalized spacial score (nSPS) is 10.5. The van der Waals surface area contributed by atoms with Crippen LogP contribution in [0.3, 0.4) is 0 Å². The van der Waals surface area contributed by atoms with Crippen LogP contribution in [0.1, 0.15) is 22.3 Å². The summed E-state index contributed by atoms with van der Waals surface area (Å²) in [5.41, 5.74) is 7.94. The molecule has 0 unspecified atom stereocenters. The van der Waals surface area contributed by atoms with Crippen LogP contribution < -0.4 is 10.5 Å². The van der Waals surface area contributed by atoms with Gasteiger partial charge in [-0.25, -0.2) is 8.78 Å². The van der Waals surface area contributed by atoms with E-state index in [1.807, 2.05) is 26.8 Å². The van der Waals surface area contributed by atoms with Crippen molar-refractivity contribution in [3.63, 3.8) is 0 Å². The zero-order valence-corrected chi connectivity index (χ0v) is 12.1. The molecule has 21 heavy (non-hydrogen) atoms. The Hall–Kier alpha value is -2.43. The zero-order chi connectivity index (χ0) is 15.7. The van der Waals surface area contributed by atoms with Crippen LogP contribution in [0.15, 0.2) is 24.3 Å². The summed E-state index contributed by atoms with van der Waals surface area (Å²) in [5, 5.41) is 7.21. The van der Waals surface area contributed by atoms with Crippen LogP contribution in [0.4, 0.5) is 8.78 Å². The summed E-state index contributed by atoms with van der Waals surface area (Å²) in [4.78, 5) is 0. The van der Waals surface area contributed by atoms with Crippen molar-refractivity contribution in [3.05, 3.63) is 58.2 Å². The molecule has 0 saturated heterocycles. The van der Waals surface area contributed by atoms with Gasteiger partial charge < -0.3 is 10.5 Å². The van der Waals surface area contributed by atoms with Gasteiger partial charge in [0.2, 0.25) is 0 Å². The summed E-state index contributed by atoms with van der Waals surface area (Å²) in [5.74, 6) is -2.27. The van der Waals surface area contributed by atoms with Gasteiger partial charge in [-0.3, -0.25) is 5.41 Å². The van der Waals surface area contributed by atoms with E-state index in [0.29, 0.717) is 5.75 Å². The molecular formula is C16H16F2N2O. The smallest absolute Gasteiger partial charge is 0.198 e. The Morgan fingerprint density at radius 2 is 1.62 bits per heavy atom. The predicted octanol–water partition coefficient (Wildman–Crippen LogP) is 3.97. The number of nitrogens with two attached hydrogens (primary N) is 1. The van der Waals surface area contributed by atoms with Crippen molar-refractivity contribution >= 4 is 5.84 Å². The first-order chi connectivity index (χ1) is 9.79. The number of ether oxygens (including phenoxy) is 1. The first kappa shape index (κ1) is 15.0. The molecule has 0 aromatic heterocycles. The van der Waals surface area contributed by atoms with Crippen LogP contribution >= 0.6 is 0 Å². The van der Waals surface area contributed by atoms with Crippen molar-refractivity contribution in [2.24, 2.45) is 5.73 Å². The minimum atomic E-state index is -0.890. The van der Waals surface area contributed by atoms with Gasteiger partial charge in [-0.2, -0.15) is 0 Å². The van der Waals surface area contributed by atoms with Crippen molar-refractivity contribution in [3.8, 4) is 11.5 Å². The summed E-state index contributed by atoms with van der Waals surface area (Å²) in [7, 11) is 0. The van der Waals surface area contributed by atoms with E-state index < -0.39 is 23.2 Å². The van der Waals surface area contributed by atoms with Gasteiger partial charge >= 0.3 is 0 Å². The van der Waals surface area contributed by atoms with Crippen molar-refractivity contribution in [1.82, 2.24) is 0 Å². The molecule has 110 valence electrons. The lowest BCUT2D eigenvalue weighted by Crippen LogP contribution is -2.12. The van der Waals surface area contributed by atoms with Crippen LogP contribution in [0.5, 0.6) is 11.5 Å². The summed E-state index contributed by atoms with van der Waals surface area (Å²) in [6, 6.07) is 5.66. The molecule has 2 aromatic carbocycles. The largest absolute Gasteiger partial charge is 0.451 e. The number of nitrogen functional groups attached to an aromatic ring is 1. The van der Waals surface area contributed by atoms with E-state index >= 15 is 0 Å². The number of amidine groups is 1. The second-order valence-corrected chi connectivity index (χ2v) is 4.99. The molecule has 2 aromatic rings. The predicted molar refractivity (Wildman–Crippen MR) is 78.1 cm³/mol. The van der Waals surface area contributed by atoms with E-state index in [0.717, 1.165) is 28.8 Å². The van der Waals surface area contributed by atoms with E-state index in [9.17, 15) is 8.78 Å². The van der Waals surface area contributed by atoms with Gasteiger partial charge in [-0.1, -0.05) is 6.07 Å². The highest BCUT2D eigenvalue weighted by Crippen LogP contribution is 2.32. The van der Waals surface area contributed by atoms with Gasteiger partial charge in [-0.05, 0) is 55.7 Å².